The van der Waals surface area contributed by atoms with E-state index in [0.717, 1.165) is 13.1 Å². The zero-order chi connectivity index (χ0) is 15.0. The lowest BCUT2D eigenvalue weighted by molar-refractivity contribution is -0.137. The molecule has 0 bridgehead atoms. The number of hydrogen-bond acceptors (Lipinski definition) is 4. The average Bonchev–Trinajstić information content (AvgIpc) is 3.23. The normalized spacial score (nSPS) is 14.3. The monoisotopic (exact) mass is 287 g/mol. The molecule has 0 aromatic carbocycles. The highest BCUT2D eigenvalue weighted by atomic mass is 16.5. The smallest absolute Gasteiger partial charge is 0.323 e. The molecule has 0 atom stereocenters. The van der Waals surface area contributed by atoms with Crippen molar-refractivity contribution in [2.75, 3.05) is 46.4 Å². The number of carboxylic acids is 1. The summed E-state index contributed by atoms with van der Waals surface area (Å²) in [5, 5.41) is 11.6. The van der Waals surface area contributed by atoms with Crippen LogP contribution in [0.1, 0.15) is 19.8 Å². The quantitative estimate of drug-likeness (QED) is 0.600. The third-order valence-corrected chi connectivity index (χ3v) is 3.32. The molecule has 0 saturated heterocycles. The number of carbonyl (C=O) groups excluding carboxylic acids is 1. The Hall–Kier alpha value is -1.34. The van der Waals surface area contributed by atoms with Gasteiger partial charge < -0.3 is 20.1 Å². The Morgan fingerprint density at radius 3 is 2.55 bits per heavy atom. The van der Waals surface area contributed by atoms with Crippen LogP contribution in [0, 0.1) is 0 Å². The van der Waals surface area contributed by atoms with Gasteiger partial charge in [0.1, 0.15) is 6.54 Å². The highest BCUT2D eigenvalue weighted by Crippen LogP contribution is 2.25. The molecule has 116 valence electrons. The summed E-state index contributed by atoms with van der Waals surface area (Å²) >= 11 is 0. The van der Waals surface area contributed by atoms with Crippen LogP contribution >= 0.6 is 0 Å². The number of rotatable bonds is 10. The predicted octanol–water partition coefficient (Wildman–Crippen LogP) is 0.213. The van der Waals surface area contributed by atoms with Crippen LogP contribution in [0.5, 0.6) is 0 Å². The number of likely N-dealkylation sites (N-methyl/N-ethyl adjacent to an activating group) is 1. The molecule has 1 fully saturated rings. The van der Waals surface area contributed by atoms with Crippen molar-refractivity contribution in [3.05, 3.63) is 0 Å². The van der Waals surface area contributed by atoms with Gasteiger partial charge in [-0.05, 0) is 19.4 Å². The van der Waals surface area contributed by atoms with Gasteiger partial charge in [0.15, 0.2) is 0 Å². The first kappa shape index (κ1) is 16.7. The number of nitrogens with zero attached hydrogens (tertiary/aromatic N) is 2. The lowest BCUT2D eigenvalue weighted by Gasteiger charge is -2.23. The molecule has 0 unspecified atom stereocenters. The van der Waals surface area contributed by atoms with E-state index in [1.807, 2.05) is 0 Å². The SMILES string of the molecule is CCN(CCNC(=O)N(CCOC)CC(=O)O)C1CC1. The number of carboxylic acid groups (broad SMARTS) is 1. The fourth-order valence-corrected chi connectivity index (χ4v) is 2.07. The van der Waals surface area contributed by atoms with Crippen molar-refractivity contribution in [1.29, 1.82) is 0 Å². The first-order valence-electron chi connectivity index (χ1n) is 7.06. The fraction of sp³-hybridized carbons (Fsp3) is 0.846. The first-order valence-corrected chi connectivity index (χ1v) is 7.06. The fourth-order valence-electron chi connectivity index (χ4n) is 2.07. The maximum atomic E-state index is 11.9. The van der Waals surface area contributed by atoms with Gasteiger partial charge in [0.05, 0.1) is 6.61 Å². The van der Waals surface area contributed by atoms with Gasteiger partial charge in [0.2, 0.25) is 0 Å². The number of nitrogens with one attached hydrogen (secondary N) is 1. The number of carbonyl (C=O) groups is 2. The van der Waals surface area contributed by atoms with Gasteiger partial charge in [-0.15, -0.1) is 0 Å². The number of amides is 2. The lowest BCUT2D eigenvalue weighted by atomic mass is 10.4. The van der Waals surface area contributed by atoms with Crippen molar-refractivity contribution < 1.29 is 19.4 Å². The Bertz CT molecular complexity index is 321. The highest BCUT2D eigenvalue weighted by molar-refractivity contribution is 5.80. The number of aliphatic carboxylic acids is 1. The van der Waals surface area contributed by atoms with E-state index >= 15 is 0 Å². The summed E-state index contributed by atoms with van der Waals surface area (Å²) in [5.74, 6) is -1.02. The summed E-state index contributed by atoms with van der Waals surface area (Å²) < 4.78 is 4.88. The minimum Gasteiger partial charge on any atom is -0.480 e. The molecule has 0 spiro atoms. The topological polar surface area (TPSA) is 82.1 Å². The van der Waals surface area contributed by atoms with E-state index in [2.05, 4.69) is 17.1 Å². The molecular formula is C13H25N3O4. The van der Waals surface area contributed by atoms with E-state index in [1.165, 1.54) is 24.9 Å². The summed E-state index contributed by atoms with van der Waals surface area (Å²) in [6.45, 7) is 4.71. The summed E-state index contributed by atoms with van der Waals surface area (Å²) in [4.78, 5) is 26.2. The molecule has 0 aromatic heterocycles. The Morgan fingerprint density at radius 2 is 2.05 bits per heavy atom. The minimum absolute atomic E-state index is 0.273. The van der Waals surface area contributed by atoms with E-state index in [4.69, 9.17) is 9.84 Å². The zero-order valence-electron chi connectivity index (χ0n) is 12.3. The van der Waals surface area contributed by atoms with E-state index < -0.39 is 5.97 Å². The van der Waals surface area contributed by atoms with Gasteiger partial charge in [-0.3, -0.25) is 9.69 Å². The molecule has 2 amide bonds. The molecule has 0 radical (unpaired) electrons. The van der Waals surface area contributed by atoms with Crippen molar-refractivity contribution in [3.63, 3.8) is 0 Å². The Kier molecular flexibility index (Phi) is 7.32. The average molecular weight is 287 g/mol. The molecule has 1 saturated carbocycles. The Morgan fingerprint density at radius 1 is 1.35 bits per heavy atom. The summed E-state index contributed by atoms with van der Waals surface area (Å²) in [6, 6.07) is 0.316. The maximum absolute atomic E-state index is 11.9. The molecular weight excluding hydrogens is 262 g/mol. The molecule has 0 aliphatic heterocycles. The third-order valence-electron chi connectivity index (χ3n) is 3.32. The molecule has 20 heavy (non-hydrogen) atoms. The second-order valence-corrected chi connectivity index (χ2v) is 4.90. The third kappa shape index (κ3) is 6.21. The maximum Gasteiger partial charge on any atom is 0.323 e. The van der Waals surface area contributed by atoms with E-state index in [9.17, 15) is 9.59 Å². The number of urea groups is 1. The van der Waals surface area contributed by atoms with E-state index in [0.29, 0.717) is 19.2 Å². The van der Waals surface area contributed by atoms with Gasteiger partial charge in [0, 0.05) is 32.8 Å². The summed E-state index contributed by atoms with van der Waals surface area (Å²) in [7, 11) is 1.52. The van der Waals surface area contributed by atoms with Gasteiger partial charge >= 0.3 is 12.0 Å². The number of ether oxygens (including phenoxy) is 1. The number of methoxy groups -OCH3 is 1. The van der Waals surface area contributed by atoms with Gasteiger partial charge in [-0.2, -0.15) is 0 Å². The summed E-state index contributed by atoms with van der Waals surface area (Å²) in [5.41, 5.74) is 0. The molecule has 7 heteroatoms. The van der Waals surface area contributed by atoms with Gasteiger partial charge in [-0.25, -0.2) is 4.79 Å². The van der Waals surface area contributed by atoms with Gasteiger partial charge in [-0.1, -0.05) is 6.92 Å². The molecule has 1 aliphatic rings. The van der Waals surface area contributed by atoms with E-state index in [1.54, 1.807) is 0 Å². The molecule has 7 nitrogen and oxygen atoms in total. The standard InChI is InChI=1S/C13H25N3O4/c1-3-15(11-4-5-11)7-6-14-13(19)16(8-9-20-2)10-12(17)18/h11H,3-10H2,1-2H3,(H,14,19)(H,17,18). The minimum atomic E-state index is -1.02. The van der Waals surface area contributed by atoms with E-state index in [-0.39, 0.29) is 19.1 Å². The second-order valence-electron chi connectivity index (χ2n) is 4.90. The van der Waals surface area contributed by atoms with Crippen LogP contribution in [0.2, 0.25) is 0 Å². The van der Waals surface area contributed by atoms with Gasteiger partial charge in [0.25, 0.3) is 0 Å². The van der Waals surface area contributed by atoms with Crippen LogP contribution in [-0.4, -0.2) is 79.4 Å². The molecule has 1 aliphatic carbocycles. The predicted molar refractivity (Wildman–Crippen MR) is 74.8 cm³/mol. The number of hydrogen-bond donors (Lipinski definition) is 2. The van der Waals surface area contributed by atoms with Crippen molar-refractivity contribution in [2.45, 2.75) is 25.8 Å². The van der Waals surface area contributed by atoms with Crippen LogP contribution in [0.4, 0.5) is 4.79 Å². The molecule has 1 rings (SSSR count). The van der Waals surface area contributed by atoms with Crippen molar-refractivity contribution in [2.24, 2.45) is 0 Å². The highest BCUT2D eigenvalue weighted by Gasteiger charge is 2.27. The second kappa shape index (κ2) is 8.76. The van der Waals surface area contributed by atoms with Crippen LogP contribution in [0.25, 0.3) is 0 Å². The zero-order valence-corrected chi connectivity index (χ0v) is 12.3. The lowest BCUT2D eigenvalue weighted by Crippen LogP contribution is -2.46. The van der Waals surface area contributed by atoms with Crippen LogP contribution < -0.4 is 5.32 Å². The van der Waals surface area contributed by atoms with Crippen LogP contribution in [0.3, 0.4) is 0 Å². The molecule has 2 N–H and O–H groups in total. The largest absolute Gasteiger partial charge is 0.480 e. The van der Waals surface area contributed by atoms with Crippen molar-refractivity contribution in [1.82, 2.24) is 15.1 Å². The van der Waals surface area contributed by atoms with Crippen LogP contribution in [-0.2, 0) is 9.53 Å². The Balaban J connectivity index is 2.30. The molecule has 0 aromatic rings. The Labute approximate surface area is 119 Å². The van der Waals surface area contributed by atoms with Crippen molar-refractivity contribution in [3.8, 4) is 0 Å². The summed E-state index contributed by atoms with van der Waals surface area (Å²) in [6.07, 6.45) is 2.47. The molecule has 0 heterocycles. The van der Waals surface area contributed by atoms with Crippen LogP contribution in [0.15, 0.2) is 0 Å². The first-order chi connectivity index (χ1) is 9.58. The van der Waals surface area contributed by atoms with Crippen molar-refractivity contribution >= 4 is 12.0 Å².